The van der Waals surface area contributed by atoms with Crippen molar-refractivity contribution in [2.45, 2.75) is 39.2 Å². The Morgan fingerprint density at radius 1 is 1.30 bits per heavy atom. The SMILES string of the molecule is CCNC(=NCC1CCCN1CC)NCCN(C)CCCOC. The van der Waals surface area contributed by atoms with Crippen molar-refractivity contribution in [2.75, 3.05) is 66.6 Å². The summed E-state index contributed by atoms with van der Waals surface area (Å²) >= 11 is 0. The average Bonchev–Trinajstić information content (AvgIpc) is 3.00. The van der Waals surface area contributed by atoms with Crippen molar-refractivity contribution in [3.05, 3.63) is 0 Å². The summed E-state index contributed by atoms with van der Waals surface area (Å²) in [5.74, 6) is 0.945. The molecule has 0 saturated carbocycles. The van der Waals surface area contributed by atoms with E-state index in [9.17, 15) is 0 Å². The Hall–Kier alpha value is -0.850. The van der Waals surface area contributed by atoms with Crippen molar-refractivity contribution in [3.8, 4) is 0 Å². The van der Waals surface area contributed by atoms with E-state index in [1.54, 1.807) is 7.11 Å². The lowest BCUT2D eigenvalue weighted by molar-refractivity contribution is 0.180. The number of likely N-dealkylation sites (N-methyl/N-ethyl adjacent to an activating group) is 2. The van der Waals surface area contributed by atoms with Crippen LogP contribution in [0.5, 0.6) is 0 Å². The Morgan fingerprint density at radius 3 is 2.83 bits per heavy atom. The Bertz CT molecular complexity index is 324. The second kappa shape index (κ2) is 12.6. The third kappa shape index (κ3) is 8.53. The minimum atomic E-state index is 0.618. The number of ether oxygens (including phenoxy) is 1. The zero-order chi connectivity index (χ0) is 16.9. The molecule has 0 aromatic carbocycles. The zero-order valence-electron chi connectivity index (χ0n) is 15.6. The van der Waals surface area contributed by atoms with Gasteiger partial charge in [-0.3, -0.25) is 9.89 Å². The molecule has 1 saturated heterocycles. The lowest BCUT2D eigenvalue weighted by atomic mass is 10.2. The fraction of sp³-hybridized carbons (Fsp3) is 0.941. The van der Waals surface area contributed by atoms with Gasteiger partial charge in [0.25, 0.3) is 0 Å². The Balaban J connectivity index is 2.29. The van der Waals surface area contributed by atoms with Crippen LogP contribution in [-0.2, 0) is 4.74 Å². The molecule has 2 N–H and O–H groups in total. The number of likely N-dealkylation sites (tertiary alicyclic amines) is 1. The summed E-state index contributed by atoms with van der Waals surface area (Å²) in [7, 11) is 3.91. The first-order valence-electron chi connectivity index (χ1n) is 9.14. The molecule has 1 aliphatic rings. The van der Waals surface area contributed by atoms with Crippen LogP contribution >= 0.6 is 0 Å². The van der Waals surface area contributed by atoms with E-state index in [4.69, 9.17) is 9.73 Å². The van der Waals surface area contributed by atoms with Crippen LogP contribution in [0.3, 0.4) is 0 Å². The molecule has 6 nitrogen and oxygen atoms in total. The molecule has 1 atom stereocenters. The van der Waals surface area contributed by atoms with Crippen LogP contribution in [0.2, 0.25) is 0 Å². The van der Waals surface area contributed by atoms with Gasteiger partial charge >= 0.3 is 0 Å². The van der Waals surface area contributed by atoms with Gasteiger partial charge in [-0.1, -0.05) is 6.92 Å². The smallest absolute Gasteiger partial charge is 0.191 e. The second-order valence-electron chi connectivity index (χ2n) is 6.22. The topological polar surface area (TPSA) is 52.1 Å². The van der Waals surface area contributed by atoms with Gasteiger partial charge in [-0.05, 0) is 46.3 Å². The third-order valence-electron chi connectivity index (χ3n) is 4.38. The van der Waals surface area contributed by atoms with Crippen LogP contribution in [0.15, 0.2) is 4.99 Å². The van der Waals surface area contributed by atoms with Gasteiger partial charge in [0.15, 0.2) is 5.96 Å². The van der Waals surface area contributed by atoms with Crippen molar-refractivity contribution in [1.82, 2.24) is 20.4 Å². The van der Waals surface area contributed by atoms with E-state index in [0.29, 0.717) is 6.04 Å². The largest absolute Gasteiger partial charge is 0.385 e. The van der Waals surface area contributed by atoms with Crippen molar-refractivity contribution >= 4 is 5.96 Å². The highest BCUT2D eigenvalue weighted by Gasteiger charge is 2.22. The molecular weight excluding hydrogens is 290 g/mol. The van der Waals surface area contributed by atoms with Gasteiger partial charge in [0.05, 0.1) is 6.54 Å². The predicted molar refractivity (Wildman–Crippen MR) is 98.2 cm³/mol. The molecule has 0 aliphatic carbocycles. The number of hydrogen-bond donors (Lipinski definition) is 2. The highest BCUT2D eigenvalue weighted by Crippen LogP contribution is 2.16. The number of guanidine groups is 1. The minimum Gasteiger partial charge on any atom is -0.385 e. The maximum Gasteiger partial charge on any atom is 0.191 e. The summed E-state index contributed by atoms with van der Waals surface area (Å²) in [6.45, 7) is 12.3. The number of rotatable bonds is 11. The van der Waals surface area contributed by atoms with Crippen molar-refractivity contribution in [2.24, 2.45) is 4.99 Å². The summed E-state index contributed by atoms with van der Waals surface area (Å²) < 4.78 is 5.09. The Morgan fingerprint density at radius 2 is 2.13 bits per heavy atom. The van der Waals surface area contributed by atoms with Crippen LogP contribution in [0.4, 0.5) is 0 Å². The van der Waals surface area contributed by atoms with Crippen molar-refractivity contribution in [1.29, 1.82) is 0 Å². The fourth-order valence-corrected chi connectivity index (χ4v) is 3.01. The molecule has 1 aliphatic heterocycles. The maximum absolute atomic E-state index is 5.09. The first kappa shape index (κ1) is 20.2. The number of aliphatic imine (C=N–C) groups is 1. The van der Waals surface area contributed by atoms with Gasteiger partial charge in [0, 0.05) is 45.9 Å². The molecule has 1 fully saturated rings. The molecule has 0 amide bonds. The second-order valence-corrected chi connectivity index (χ2v) is 6.22. The summed E-state index contributed by atoms with van der Waals surface area (Å²) in [6.07, 6.45) is 3.67. The molecule has 0 aromatic heterocycles. The number of nitrogens with one attached hydrogen (secondary N) is 2. The van der Waals surface area contributed by atoms with Gasteiger partial charge in [-0.2, -0.15) is 0 Å². The highest BCUT2D eigenvalue weighted by atomic mass is 16.5. The summed E-state index contributed by atoms with van der Waals surface area (Å²) in [4.78, 5) is 9.64. The molecule has 6 heteroatoms. The molecule has 0 spiro atoms. The minimum absolute atomic E-state index is 0.618. The lowest BCUT2D eigenvalue weighted by Crippen LogP contribution is -2.42. The van der Waals surface area contributed by atoms with Gasteiger partial charge in [0.1, 0.15) is 0 Å². The van der Waals surface area contributed by atoms with E-state index in [1.807, 2.05) is 0 Å². The van der Waals surface area contributed by atoms with Crippen LogP contribution in [-0.4, -0.2) is 88.4 Å². The average molecular weight is 328 g/mol. The predicted octanol–water partition coefficient (Wildman–Crippen LogP) is 0.994. The highest BCUT2D eigenvalue weighted by molar-refractivity contribution is 5.79. The van der Waals surface area contributed by atoms with E-state index in [1.165, 1.54) is 19.4 Å². The summed E-state index contributed by atoms with van der Waals surface area (Å²) in [6, 6.07) is 0.618. The molecule has 1 heterocycles. The third-order valence-corrected chi connectivity index (χ3v) is 4.38. The monoisotopic (exact) mass is 327 g/mol. The number of methoxy groups -OCH3 is 1. The van der Waals surface area contributed by atoms with Gasteiger partial charge in [-0.15, -0.1) is 0 Å². The quantitative estimate of drug-likeness (QED) is 0.337. The molecule has 23 heavy (non-hydrogen) atoms. The van der Waals surface area contributed by atoms with Crippen molar-refractivity contribution in [3.63, 3.8) is 0 Å². The molecule has 1 rings (SSSR count). The fourth-order valence-electron chi connectivity index (χ4n) is 3.01. The molecule has 1 unspecified atom stereocenters. The lowest BCUT2D eigenvalue weighted by Gasteiger charge is -2.22. The zero-order valence-corrected chi connectivity index (χ0v) is 15.6. The van der Waals surface area contributed by atoms with Crippen LogP contribution in [0.1, 0.15) is 33.1 Å². The van der Waals surface area contributed by atoms with Gasteiger partial charge in [-0.25, -0.2) is 0 Å². The molecule has 0 bridgehead atoms. The van der Waals surface area contributed by atoms with Crippen LogP contribution in [0.25, 0.3) is 0 Å². The Kier molecular flexibility index (Phi) is 11.0. The van der Waals surface area contributed by atoms with E-state index in [-0.39, 0.29) is 0 Å². The molecule has 0 radical (unpaired) electrons. The molecule has 0 aromatic rings. The normalized spacial score (nSPS) is 19.5. The summed E-state index contributed by atoms with van der Waals surface area (Å²) in [5, 5.41) is 6.79. The maximum atomic E-state index is 5.09. The van der Waals surface area contributed by atoms with E-state index in [2.05, 4.69) is 41.3 Å². The number of hydrogen-bond acceptors (Lipinski definition) is 4. The first-order chi connectivity index (χ1) is 11.2. The van der Waals surface area contributed by atoms with Crippen LogP contribution in [0, 0.1) is 0 Å². The van der Waals surface area contributed by atoms with Gasteiger partial charge in [0.2, 0.25) is 0 Å². The number of nitrogens with zero attached hydrogens (tertiary/aromatic N) is 3. The van der Waals surface area contributed by atoms with E-state index in [0.717, 1.165) is 58.3 Å². The molecular formula is C17H37N5O. The summed E-state index contributed by atoms with van der Waals surface area (Å²) in [5.41, 5.74) is 0. The van der Waals surface area contributed by atoms with Gasteiger partial charge < -0.3 is 20.3 Å². The first-order valence-corrected chi connectivity index (χ1v) is 9.14. The van der Waals surface area contributed by atoms with E-state index < -0.39 is 0 Å². The molecule has 136 valence electrons. The Labute approximate surface area is 142 Å². The van der Waals surface area contributed by atoms with E-state index >= 15 is 0 Å². The standard InChI is InChI=1S/C17H37N5O/c1-5-18-17(19-10-13-21(3)11-8-14-23-4)20-15-16-9-7-12-22(16)6-2/h16H,5-15H2,1-4H3,(H2,18,19,20). The van der Waals surface area contributed by atoms with Crippen molar-refractivity contribution < 1.29 is 4.74 Å². The van der Waals surface area contributed by atoms with Crippen LogP contribution < -0.4 is 10.6 Å².